The van der Waals surface area contributed by atoms with Gasteiger partial charge >= 0.3 is 12.1 Å². The molecule has 0 saturated heterocycles. The zero-order valence-corrected chi connectivity index (χ0v) is 19.5. The van der Waals surface area contributed by atoms with Crippen molar-refractivity contribution >= 4 is 22.0 Å². The Hall–Kier alpha value is -3.53. The van der Waals surface area contributed by atoms with E-state index in [1.807, 2.05) is 23.1 Å². The van der Waals surface area contributed by atoms with Crippen LogP contribution in [0.4, 0.5) is 18.9 Å². The van der Waals surface area contributed by atoms with Crippen LogP contribution in [0.25, 0.3) is 0 Å². The summed E-state index contributed by atoms with van der Waals surface area (Å²) < 4.78 is 61.7. The average molecular weight is 506 g/mol. The lowest BCUT2D eigenvalue weighted by atomic mass is 10.1. The summed E-state index contributed by atoms with van der Waals surface area (Å²) in [6.07, 6.45) is -5.11. The van der Waals surface area contributed by atoms with Crippen molar-refractivity contribution in [3.8, 4) is 17.2 Å². The summed E-state index contributed by atoms with van der Waals surface area (Å²) in [4.78, 5) is 15.3. The highest BCUT2D eigenvalue weighted by Gasteiger charge is 2.48. The highest BCUT2D eigenvalue weighted by atomic mass is 32.3. The van der Waals surface area contributed by atoms with Gasteiger partial charge in [-0.15, -0.1) is 0 Å². The van der Waals surface area contributed by atoms with E-state index in [9.17, 15) is 18.0 Å². The number of methoxy groups -OCH3 is 1. The van der Waals surface area contributed by atoms with Crippen LogP contribution in [0.15, 0.2) is 76.5 Å². The fourth-order valence-corrected chi connectivity index (χ4v) is 7.46. The first-order chi connectivity index (χ1) is 16.8. The lowest BCUT2D eigenvalue weighted by molar-refractivity contribution is -0.188. The van der Waals surface area contributed by atoms with Crippen LogP contribution in [0.5, 0.6) is 17.2 Å². The van der Waals surface area contributed by atoms with Crippen LogP contribution in [0.1, 0.15) is 5.56 Å². The molecule has 5 rings (SSSR count). The number of anilines is 1. The first-order valence-corrected chi connectivity index (χ1v) is 12.5. The van der Waals surface area contributed by atoms with Crippen molar-refractivity contribution < 1.29 is 36.4 Å². The van der Waals surface area contributed by atoms with Gasteiger partial charge in [0.05, 0.1) is 17.7 Å². The Bertz CT molecular complexity index is 1250. The van der Waals surface area contributed by atoms with Gasteiger partial charge in [0, 0.05) is 29.8 Å². The first kappa shape index (κ1) is 23.2. The number of fused-ring (bicyclic) bond motifs is 2. The molecule has 0 aliphatic carbocycles. The molecule has 2 heterocycles. The van der Waals surface area contributed by atoms with Gasteiger partial charge in [-0.25, -0.2) is 4.79 Å². The molecule has 1 atom stereocenters. The molecule has 0 N–H and O–H groups in total. The van der Waals surface area contributed by atoms with Crippen LogP contribution in [0, 0.1) is 0 Å². The van der Waals surface area contributed by atoms with Crippen LogP contribution < -0.4 is 19.1 Å². The molecule has 0 spiro atoms. The number of hydrogen-bond acceptors (Lipinski definition) is 6. The fourth-order valence-electron chi connectivity index (χ4n) is 4.24. The van der Waals surface area contributed by atoms with Crippen LogP contribution in [-0.2, 0) is 15.5 Å². The second-order valence-electron chi connectivity index (χ2n) is 8.00. The zero-order valence-electron chi connectivity index (χ0n) is 18.7. The molecule has 10 heteroatoms. The van der Waals surface area contributed by atoms with E-state index in [4.69, 9.17) is 18.4 Å². The number of carbonyl (C=O) groups is 1. The van der Waals surface area contributed by atoms with Gasteiger partial charge in [-0.2, -0.15) is 13.2 Å². The highest BCUT2D eigenvalue weighted by Crippen LogP contribution is 2.68. The van der Waals surface area contributed by atoms with Crippen molar-refractivity contribution in [2.75, 3.05) is 31.1 Å². The monoisotopic (exact) mass is 505 g/mol. The van der Waals surface area contributed by atoms with Crippen molar-refractivity contribution in [3.05, 3.63) is 72.3 Å². The molecule has 0 aromatic heterocycles. The van der Waals surface area contributed by atoms with Crippen LogP contribution in [-0.4, -0.2) is 38.3 Å². The Morgan fingerprint density at radius 2 is 1.80 bits per heavy atom. The Morgan fingerprint density at radius 1 is 1.03 bits per heavy atom. The molecule has 6 nitrogen and oxygen atoms in total. The van der Waals surface area contributed by atoms with Gasteiger partial charge in [0.2, 0.25) is 6.79 Å². The van der Waals surface area contributed by atoms with Gasteiger partial charge in [-0.3, -0.25) is 0 Å². The summed E-state index contributed by atoms with van der Waals surface area (Å²) in [6.45, 7) is 0.994. The van der Waals surface area contributed by atoms with E-state index in [0.717, 1.165) is 5.56 Å². The number of alkyl halides is 3. The van der Waals surface area contributed by atoms with Crippen molar-refractivity contribution in [1.29, 1.82) is 0 Å². The van der Waals surface area contributed by atoms with Gasteiger partial charge in [-0.1, -0.05) is 24.3 Å². The van der Waals surface area contributed by atoms with Crippen LogP contribution in [0.2, 0.25) is 0 Å². The average Bonchev–Trinajstić information content (AvgIpc) is 3.33. The Morgan fingerprint density at radius 3 is 2.54 bits per heavy atom. The van der Waals surface area contributed by atoms with Gasteiger partial charge in [0.1, 0.15) is 5.75 Å². The number of hydrogen-bond donors (Lipinski definition) is 0. The topological polar surface area (TPSA) is 57.2 Å². The van der Waals surface area contributed by atoms with E-state index < -0.39 is 22.5 Å². The highest BCUT2D eigenvalue weighted by molar-refractivity contribution is 8.30. The maximum absolute atomic E-state index is 13.3. The minimum atomic E-state index is -5.11. The smallest absolute Gasteiger partial charge is 0.491 e. The fraction of sp³-hybridized carbons (Fsp3) is 0.240. The third-order valence-electron chi connectivity index (χ3n) is 5.89. The molecule has 3 aromatic rings. The number of ether oxygens (including phenoxy) is 3. The van der Waals surface area contributed by atoms with Crippen molar-refractivity contribution in [2.24, 2.45) is 0 Å². The number of benzene rings is 3. The molecule has 2 aliphatic heterocycles. The lowest BCUT2D eigenvalue weighted by Gasteiger charge is -2.47. The molecule has 2 aliphatic rings. The lowest BCUT2D eigenvalue weighted by Crippen LogP contribution is -2.36. The molecule has 0 bridgehead atoms. The predicted molar refractivity (Wildman–Crippen MR) is 124 cm³/mol. The van der Waals surface area contributed by atoms with Gasteiger partial charge in [0.15, 0.2) is 11.5 Å². The molecule has 1 unspecified atom stereocenters. The van der Waals surface area contributed by atoms with Gasteiger partial charge in [-0.05, 0) is 52.3 Å². The maximum atomic E-state index is 13.3. The van der Waals surface area contributed by atoms with E-state index in [-0.39, 0.29) is 12.5 Å². The summed E-state index contributed by atoms with van der Waals surface area (Å²) >= 11 is 0. The van der Waals surface area contributed by atoms with Gasteiger partial charge < -0.3 is 23.3 Å². The van der Waals surface area contributed by atoms with E-state index in [1.165, 1.54) is 7.11 Å². The standard InChI is InChI=1S/C25H22F3NO5S/c1-31-18-8-10-23-20(14-18)29(15-17-7-9-21-22(13-17)33-16-32-21)11-12-35(23,19-5-3-2-4-6-19)34-24(30)25(26,27)28/h2-10,13-14H,11-12,15-16H2,1H3. The molecule has 184 valence electrons. The summed E-state index contributed by atoms with van der Waals surface area (Å²) in [5, 5.41) is 0. The quantitative estimate of drug-likeness (QED) is 0.444. The Kier molecular flexibility index (Phi) is 5.92. The van der Waals surface area contributed by atoms with Crippen molar-refractivity contribution in [2.45, 2.75) is 22.5 Å². The van der Waals surface area contributed by atoms with Crippen LogP contribution >= 0.6 is 10.3 Å². The number of halogens is 3. The molecule has 0 saturated carbocycles. The second-order valence-corrected chi connectivity index (χ2v) is 10.8. The van der Waals surface area contributed by atoms with Gasteiger partial charge in [0.25, 0.3) is 0 Å². The molecule has 0 fully saturated rings. The summed E-state index contributed by atoms with van der Waals surface area (Å²) in [5.41, 5.74) is 1.60. The Labute approximate surface area is 201 Å². The number of carbonyl (C=O) groups excluding carboxylic acids is 1. The predicted octanol–water partition coefficient (Wildman–Crippen LogP) is 5.69. The number of rotatable bonds is 5. The molecule has 0 amide bonds. The molecule has 0 radical (unpaired) electrons. The normalized spacial score (nSPS) is 20.5. The minimum absolute atomic E-state index is 0.163. The van der Waals surface area contributed by atoms with E-state index in [1.54, 1.807) is 48.5 Å². The minimum Gasteiger partial charge on any atom is -0.497 e. The largest absolute Gasteiger partial charge is 0.497 e. The third kappa shape index (κ3) is 4.34. The van der Waals surface area contributed by atoms with E-state index >= 15 is 0 Å². The van der Waals surface area contributed by atoms with E-state index in [2.05, 4.69) is 0 Å². The molecule has 3 aromatic carbocycles. The summed E-state index contributed by atoms with van der Waals surface area (Å²) in [7, 11) is -1.27. The zero-order chi connectivity index (χ0) is 24.6. The van der Waals surface area contributed by atoms with Crippen molar-refractivity contribution in [1.82, 2.24) is 0 Å². The maximum Gasteiger partial charge on any atom is 0.491 e. The SMILES string of the molecule is COc1ccc2c(c1)N(Cc1ccc3c(c1)OCO3)CCS2(OC(=O)C(F)(F)F)c1ccccc1. The summed E-state index contributed by atoms with van der Waals surface area (Å²) in [6, 6.07) is 19.4. The molecular weight excluding hydrogens is 483 g/mol. The molecular formula is C25H22F3NO5S. The van der Waals surface area contributed by atoms with Crippen LogP contribution in [0.3, 0.4) is 0 Å². The summed E-state index contributed by atoms with van der Waals surface area (Å²) in [5.74, 6) is -0.120. The second kappa shape index (κ2) is 8.92. The number of nitrogens with zero attached hydrogens (tertiary/aromatic N) is 1. The third-order valence-corrected chi connectivity index (χ3v) is 9.18. The van der Waals surface area contributed by atoms with E-state index in [0.29, 0.717) is 45.8 Å². The van der Waals surface area contributed by atoms with Crippen molar-refractivity contribution in [3.63, 3.8) is 0 Å². The first-order valence-electron chi connectivity index (χ1n) is 10.8. The molecule has 35 heavy (non-hydrogen) atoms. The Balaban J connectivity index is 1.59.